The number of rotatable bonds is 10. The number of alkyl halides is 1. The van der Waals surface area contributed by atoms with Crippen LogP contribution in [-0.2, 0) is 13.8 Å². The molecular formula is C20H32FN4O5P. The maximum Gasteiger partial charge on any atom is 0.330 e. The molecule has 31 heavy (non-hydrogen) atoms. The highest BCUT2D eigenvalue weighted by molar-refractivity contribution is 7.44. The first-order valence-electron chi connectivity index (χ1n) is 10.4. The van der Waals surface area contributed by atoms with E-state index >= 15 is 4.39 Å². The van der Waals surface area contributed by atoms with Gasteiger partial charge in [-0.3, -0.25) is 14.3 Å². The highest BCUT2D eigenvalue weighted by Gasteiger charge is 2.55. The van der Waals surface area contributed by atoms with Crippen LogP contribution in [0.2, 0.25) is 0 Å². The molecule has 1 saturated heterocycles. The minimum atomic E-state index is -1.69. The molecule has 11 heteroatoms. The maximum absolute atomic E-state index is 15.7. The Kier molecular flexibility index (Phi) is 8.92. The molecule has 2 rings (SSSR count). The SMILES string of the molecule is [C-]#[N+]CCOP(O[C@H]1[C@@H](F)C(n2ccc(=O)[nH]c2=O)O[C@]1(C)CC)N(C(C)C)C(C)C. The molecule has 0 radical (unpaired) electrons. The van der Waals surface area contributed by atoms with Gasteiger partial charge in [0, 0.05) is 24.3 Å². The third kappa shape index (κ3) is 5.79. The summed E-state index contributed by atoms with van der Waals surface area (Å²) in [7, 11) is -1.69. The number of aromatic nitrogens is 2. The Morgan fingerprint density at radius 3 is 2.55 bits per heavy atom. The second-order valence-electron chi connectivity index (χ2n) is 8.18. The van der Waals surface area contributed by atoms with Gasteiger partial charge in [-0.15, -0.1) is 0 Å². The molecule has 1 aliphatic rings. The highest BCUT2D eigenvalue weighted by atomic mass is 31.2. The van der Waals surface area contributed by atoms with Gasteiger partial charge in [-0.1, -0.05) is 6.92 Å². The van der Waals surface area contributed by atoms with Crippen LogP contribution in [0, 0.1) is 6.57 Å². The summed E-state index contributed by atoms with van der Waals surface area (Å²) in [6.45, 7) is 18.9. The van der Waals surface area contributed by atoms with Gasteiger partial charge < -0.3 is 18.6 Å². The lowest BCUT2D eigenvalue weighted by Crippen LogP contribution is -2.43. The number of hydrogen-bond acceptors (Lipinski definition) is 6. The van der Waals surface area contributed by atoms with E-state index in [9.17, 15) is 9.59 Å². The molecule has 0 bridgehead atoms. The highest BCUT2D eigenvalue weighted by Crippen LogP contribution is 2.53. The maximum atomic E-state index is 15.7. The Balaban J connectivity index is 2.38. The molecular weight excluding hydrogens is 426 g/mol. The predicted molar refractivity (Wildman–Crippen MR) is 116 cm³/mol. The smallest absolute Gasteiger partial charge is 0.330 e. The molecule has 5 atom stereocenters. The van der Waals surface area contributed by atoms with E-state index in [1.54, 1.807) is 6.92 Å². The number of H-pyrrole nitrogens is 1. The van der Waals surface area contributed by atoms with Gasteiger partial charge >= 0.3 is 5.69 Å². The minimum absolute atomic E-state index is 0.0601. The quantitative estimate of drug-likeness (QED) is 0.329. The summed E-state index contributed by atoms with van der Waals surface area (Å²) in [6.07, 6.45) is -2.28. The van der Waals surface area contributed by atoms with E-state index < -0.39 is 43.9 Å². The molecule has 1 aromatic rings. The van der Waals surface area contributed by atoms with Crippen molar-refractivity contribution in [3.63, 3.8) is 0 Å². The van der Waals surface area contributed by atoms with Crippen LogP contribution >= 0.6 is 8.53 Å². The van der Waals surface area contributed by atoms with Crippen LogP contribution in [-0.4, -0.2) is 57.3 Å². The van der Waals surface area contributed by atoms with Gasteiger partial charge in [0.25, 0.3) is 14.1 Å². The van der Waals surface area contributed by atoms with Crippen molar-refractivity contribution in [1.82, 2.24) is 14.2 Å². The Labute approximate surface area is 183 Å². The molecule has 174 valence electrons. The molecule has 0 aromatic carbocycles. The van der Waals surface area contributed by atoms with Gasteiger partial charge in [0.2, 0.25) is 6.54 Å². The molecule has 0 spiro atoms. The van der Waals surface area contributed by atoms with Crippen molar-refractivity contribution in [2.45, 2.75) is 84.2 Å². The molecule has 1 aliphatic heterocycles. The van der Waals surface area contributed by atoms with Crippen molar-refractivity contribution in [2.24, 2.45) is 0 Å². The van der Waals surface area contributed by atoms with E-state index in [4.69, 9.17) is 20.4 Å². The van der Waals surface area contributed by atoms with E-state index in [0.29, 0.717) is 6.42 Å². The molecule has 9 nitrogen and oxygen atoms in total. The van der Waals surface area contributed by atoms with E-state index in [-0.39, 0.29) is 25.2 Å². The van der Waals surface area contributed by atoms with Crippen LogP contribution in [0.4, 0.5) is 4.39 Å². The number of halogens is 1. The largest absolute Gasteiger partial charge is 0.346 e. The summed E-state index contributed by atoms with van der Waals surface area (Å²) in [5.74, 6) is 0. The summed E-state index contributed by atoms with van der Waals surface area (Å²) < 4.78 is 36.9. The molecule has 1 N–H and O–H groups in total. The summed E-state index contributed by atoms with van der Waals surface area (Å²) in [5.41, 5.74) is -2.34. The van der Waals surface area contributed by atoms with Crippen LogP contribution < -0.4 is 11.2 Å². The van der Waals surface area contributed by atoms with Crippen molar-refractivity contribution >= 4 is 8.53 Å². The molecule has 1 fully saturated rings. The van der Waals surface area contributed by atoms with Gasteiger partial charge in [-0.05, 0) is 41.0 Å². The lowest BCUT2D eigenvalue weighted by molar-refractivity contribution is -0.0919. The molecule has 0 saturated carbocycles. The fourth-order valence-corrected chi connectivity index (χ4v) is 5.40. The first-order chi connectivity index (χ1) is 14.6. The van der Waals surface area contributed by atoms with Crippen molar-refractivity contribution in [3.05, 3.63) is 44.5 Å². The van der Waals surface area contributed by atoms with Gasteiger partial charge in [0.15, 0.2) is 12.4 Å². The van der Waals surface area contributed by atoms with Crippen LogP contribution in [0.5, 0.6) is 0 Å². The zero-order chi connectivity index (χ0) is 23.3. The lowest BCUT2D eigenvalue weighted by atomic mass is 9.95. The lowest BCUT2D eigenvalue weighted by Gasteiger charge is -2.39. The molecule has 0 amide bonds. The van der Waals surface area contributed by atoms with E-state index in [2.05, 4.69) is 9.83 Å². The monoisotopic (exact) mass is 458 g/mol. The fraction of sp³-hybridized carbons (Fsp3) is 0.750. The second kappa shape index (κ2) is 10.8. The first kappa shape index (κ1) is 25.6. The molecule has 0 aliphatic carbocycles. The summed E-state index contributed by atoms with van der Waals surface area (Å²) in [5, 5.41) is 0. The van der Waals surface area contributed by atoms with Crippen LogP contribution in [0.15, 0.2) is 21.9 Å². The second-order valence-corrected chi connectivity index (χ2v) is 9.59. The van der Waals surface area contributed by atoms with Gasteiger partial charge in [0.1, 0.15) is 12.7 Å². The standard InChI is InChI=1S/C20H32FN4O5P/c1-8-20(6)17(16(21)18(29-20)24-11-9-15(26)23-19(24)27)30-31(28-12-10-22-7)25(13(2)3)14(4)5/h9,11,13-14,16-18H,8,10,12H2,1-6H3,(H,23,26,27)/t16-,17+,18?,20-,31?/m1/s1. The Morgan fingerprint density at radius 2 is 2.03 bits per heavy atom. The van der Waals surface area contributed by atoms with Crippen LogP contribution in [0.25, 0.3) is 4.85 Å². The normalized spacial score (nSPS) is 27.2. The number of hydrogen-bond donors (Lipinski definition) is 1. The van der Waals surface area contributed by atoms with E-state index in [1.807, 2.05) is 39.3 Å². The topological polar surface area (TPSA) is 90.2 Å². The van der Waals surface area contributed by atoms with Gasteiger partial charge in [-0.2, -0.15) is 0 Å². The van der Waals surface area contributed by atoms with Gasteiger partial charge in [0.05, 0.1) is 5.60 Å². The number of ether oxygens (including phenoxy) is 1. The Bertz CT molecular complexity index is 877. The first-order valence-corrected chi connectivity index (χ1v) is 11.5. The van der Waals surface area contributed by atoms with Crippen molar-refractivity contribution in [2.75, 3.05) is 13.2 Å². The summed E-state index contributed by atoms with van der Waals surface area (Å²) >= 11 is 0. The Hall–Kier alpha value is -1.63. The third-order valence-electron chi connectivity index (χ3n) is 5.24. The zero-order valence-electron chi connectivity index (χ0n) is 18.9. The number of aromatic amines is 1. The third-order valence-corrected chi connectivity index (χ3v) is 7.35. The van der Waals surface area contributed by atoms with Gasteiger partial charge in [-0.25, -0.2) is 20.4 Å². The molecule has 1 aromatic heterocycles. The average molecular weight is 458 g/mol. The summed E-state index contributed by atoms with van der Waals surface area (Å²) in [6, 6.07) is 1.27. The number of nitrogens with one attached hydrogen (secondary N) is 1. The molecule has 2 unspecified atom stereocenters. The van der Waals surface area contributed by atoms with Crippen molar-refractivity contribution in [1.29, 1.82) is 0 Å². The van der Waals surface area contributed by atoms with E-state index in [0.717, 1.165) is 10.6 Å². The Morgan fingerprint density at radius 1 is 1.39 bits per heavy atom. The summed E-state index contributed by atoms with van der Waals surface area (Å²) in [4.78, 5) is 29.1. The van der Waals surface area contributed by atoms with Crippen molar-refractivity contribution in [3.8, 4) is 0 Å². The van der Waals surface area contributed by atoms with E-state index in [1.165, 1.54) is 6.20 Å². The fourth-order valence-electron chi connectivity index (χ4n) is 3.57. The number of nitrogens with zero attached hydrogens (tertiary/aromatic N) is 3. The molecule has 2 heterocycles. The van der Waals surface area contributed by atoms with Crippen LogP contribution in [0.3, 0.4) is 0 Å². The zero-order valence-corrected chi connectivity index (χ0v) is 19.8. The predicted octanol–water partition coefficient (Wildman–Crippen LogP) is 3.24. The van der Waals surface area contributed by atoms with Crippen molar-refractivity contribution < 1.29 is 18.2 Å². The van der Waals surface area contributed by atoms with Crippen LogP contribution in [0.1, 0.15) is 54.2 Å². The minimum Gasteiger partial charge on any atom is -0.346 e. The average Bonchev–Trinajstić information content (AvgIpc) is 2.93.